The van der Waals surface area contributed by atoms with Crippen LogP contribution in [-0.4, -0.2) is 52.9 Å². The number of nitrogens with zero attached hydrogens (tertiary/aromatic N) is 5. The highest BCUT2D eigenvalue weighted by atomic mass is 32.2. The van der Waals surface area contributed by atoms with Gasteiger partial charge in [0.1, 0.15) is 28.4 Å². The van der Waals surface area contributed by atoms with E-state index in [1.807, 2.05) is 30.0 Å². The first-order valence-corrected chi connectivity index (χ1v) is 12.4. The van der Waals surface area contributed by atoms with Gasteiger partial charge in [-0.15, -0.1) is 0 Å². The van der Waals surface area contributed by atoms with Crippen LogP contribution in [0.5, 0.6) is 5.75 Å². The van der Waals surface area contributed by atoms with Crippen LogP contribution in [-0.2, 0) is 4.79 Å². The lowest BCUT2D eigenvalue weighted by atomic mass is 10.0. The molecule has 0 N–H and O–H groups in total. The maximum absolute atomic E-state index is 13.1. The van der Waals surface area contributed by atoms with E-state index >= 15 is 0 Å². The van der Waals surface area contributed by atoms with Gasteiger partial charge in [-0.25, -0.2) is 9.97 Å². The number of ether oxygens (including phenoxy) is 1. The number of benzene rings is 1. The molecule has 162 valence electrons. The molecular formula is C22H25N5O2S2. The Bertz CT molecular complexity index is 1120. The summed E-state index contributed by atoms with van der Waals surface area (Å²) in [6.45, 7) is 7.45. The molecule has 31 heavy (non-hydrogen) atoms. The standard InChI is InChI=1S/C22H25N5O2S2/c1-14-5-6-17-16(10-14)27(8-9-29-17)18(28)12-30-21-19-20(23-13-24-21)25-22(31-19)26-7-3-4-15(2)11-26/h5-6,10,13,15H,3-4,7-9,11-12H2,1-2H3. The molecular weight excluding hydrogens is 430 g/mol. The number of thioether (sulfide) groups is 1. The minimum atomic E-state index is 0.0570. The summed E-state index contributed by atoms with van der Waals surface area (Å²) < 4.78 is 6.68. The molecule has 0 radical (unpaired) electrons. The predicted molar refractivity (Wildman–Crippen MR) is 126 cm³/mol. The Balaban J connectivity index is 1.33. The van der Waals surface area contributed by atoms with Crippen molar-refractivity contribution >= 4 is 50.2 Å². The average Bonchev–Trinajstić information content (AvgIpc) is 3.22. The summed E-state index contributed by atoms with van der Waals surface area (Å²) in [5.74, 6) is 1.82. The normalized spacial score (nSPS) is 18.7. The average molecular weight is 456 g/mol. The largest absolute Gasteiger partial charge is 0.490 e. The minimum Gasteiger partial charge on any atom is -0.490 e. The topological polar surface area (TPSA) is 71.5 Å². The predicted octanol–water partition coefficient (Wildman–Crippen LogP) is 4.15. The molecule has 0 aliphatic carbocycles. The summed E-state index contributed by atoms with van der Waals surface area (Å²) >= 11 is 3.09. The highest BCUT2D eigenvalue weighted by molar-refractivity contribution is 8.00. The van der Waals surface area contributed by atoms with Crippen molar-refractivity contribution in [3.8, 4) is 5.75 Å². The third-order valence-electron chi connectivity index (χ3n) is 5.69. The van der Waals surface area contributed by atoms with Gasteiger partial charge in [0.2, 0.25) is 5.91 Å². The Labute approximate surface area is 189 Å². The Hall–Kier alpha value is -2.39. The molecule has 5 rings (SSSR count). The maximum Gasteiger partial charge on any atom is 0.237 e. The van der Waals surface area contributed by atoms with E-state index in [2.05, 4.69) is 21.8 Å². The van der Waals surface area contributed by atoms with Crippen molar-refractivity contribution in [1.29, 1.82) is 0 Å². The third kappa shape index (κ3) is 4.21. The van der Waals surface area contributed by atoms with Gasteiger partial charge in [-0.3, -0.25) is 4.79 Å². The monoisotopic (exact) mass is 455 g/mol. The molecule has 1 saturated heterocycles. The lowest BCUT2D eigenvalue weighted by Gasteiger charge is -2.30. The van der Waals surface area contributed by atoms with Gasteiger partial charge in [0, 0.05) is 13.1 Å². The van der Waals surface area contributed by atoms with Gasteiger partial charge in [0.25, 0.3) is 0 Å². The number of carbonyl (C=O) groups excluding carboxylic acids is 1. The highest BCUT2D eigenvalue weighted by Gasteiger charge is 2.25. The molecule has 1 unspecified atom stereocenters. The Morgan fingerprint density at radius 1 is 1.32 bits per heavy atom. The Morgan fingerprint density at radius 3 is 3.10 bits per heavy atom. The van der Waals surface area contributed by atoms with Crippen molar-refractivity contribution in [3.63, 3.8) is 0 Å². The zero-order valence-corrected chi connectivity index (χ0v) is 19.3. The zero-order chi connectivity index (χ0) is 21.4. The van der Waals surface area contributed by atoms with Crippen molar-refractivity contribution in [2.75, 3.05) is 41.8 Å². The smallest absolute Gasteiger partial charge is 0.237 e. The van der Waals surface area contributed by atoms with Crippen LogP contribution in [0.25, 0.3) is 10.3 Å². The lowest BCUT2D eigenvalue weighted by molar-refractivity contribution is -0.116. The number of carbonyl (C=O) groups is 1. The molecule has 3 aromatic rings. The third-order valence-corrected chi connectivity index (χ3v) is 7.90. The molecule has 2 aliphatic heterocycles. The Kier molecular flexibility index (Phi) is 5.71. The van der Waals surface area contributed by atoms with Crippen LogP contribution in [0.4, 0.5) is 10.8 Å². The van der Waals surface area contributed by atoms with Crippen LogP contribution in [0.2, 0.25) is 0 Å². The summed E-state index contributed by atoms with van der Waals surface area (Å²) in [7, 11) is 0. The SMILES string of the molecule is Cc1ccc2c(c1)N(C(=O)CSc1ncnc3nc(N4CCCC(C)C4)sc13)CCO2. The van der Waals surface area contributed by atoms with E-state index in [1.54, 1.807) is 17.7 Å². The molecule has 0 saturated carbocycles. The minimum absolute atomic E-state index is 0.0570. The second-order valence-electron chi connectivity index (χ2n) is 8.18. The summed E-state index contributed by atoms with van der Waals surface area (Å²) in [4.78, 5) is 30.8. The number of amides is 1. The van der Waals surface area contributed by atoms with Crippen molar-refractivity contribution in [3.05, 3.63) is 30.1 Å². The quantitative estimate of drug-likeness (QED) is 0.432. The molecule has 9 heteroatoms. The van der Waals surface area contributed by atoms with E-state index in [9.17, 15) is 4.79 Å². The van der Waals surface area contributed by atoms with Gasteiger partial charge in [-0.05, 0) is 43.4 Å². The van der Waals surface area contributed by atoms with E-state index in [1.165, 1.54) is 24.6 Å². The first-order valence-electron chi connectivity index (χ1n) is 10.6. The number of aromatic nitrogens is 3. The van der Waals surface area contributed by atoms with Crippen molar-refractivity contribution in [2.24, 2.45) is 5.92 Å². The van der Waals surface area contributed by atoms with E-state index in [4.69, 9.17) is 9.72 Å². The van der Waals surface area contributed by atoms with Gasteiger partial charge in [0.05, 0.1) is 18.0 Å². The fourth-order valence-corrected chi connectivity index (χ4v) is 6.12. The van der Waals surface area contributed by atoms with Crippen LogP contribution in [0.15, 0.2) is 29.6 Å². The molecule has 2 aliphatic rings. The number of aryl methyl sites for hydroxylation is 1. The molecule has 1 atom stereocenters. The van der Waals surface area contributed by atoms with Crippen molar-refractivity contribution < 1.29 is 9.53 Å². The number of fused-ring (bicyclic) bond motifs is 2. The summed E-state index contributed by atoms with van der Waals surface area (Å²) in [6.07, 6.45) is 4.01. The maximum atomic E-state index is 13.1. The van der Waals surface area contributed by atoms with Crippen molar-refractivity contribution in [1.82, 2.24) is 15.0 Å². The number of hydrogen-bond donors (Lipinski definition) is 0. The number of hydrogen-bond acceptors (Lipinski definition) is 8. The summed E-state index contributed by atoms with van der Waals surface area (Å²) in [6, 6.07) is 5.95. The van der Waals surface area contributed by atoms with Crippen LogP contribution in [0.1, 0.15) is 25.3 Å². The number of thiazole rings is 1. The number of rotatable bonds is 4. The van der Waals surface area contributed by atoms with Crippen LogP contribution in [0.3, 0.4) is 0 Å². The molecule has 1 aromatic carbocycles. The van der Waals surface area contributed by atoms with Crippen LogP contribution in [0, 0.1) is 12.8 Å². The highest BCUT2D eigenvalue weighted by Crippen LogP contribution is 2.36. The first kappa shape index (κ1) is 20.5. The summed E-state index contributed by atoms with van der Waals surface area (Å²) in [5, 5.41) is 1.83. The number of piperidine rings is 1. The van der Waals surface area contributed by atoms with Crippen LogP contribution >= 0.6 is 23.1 Å². The van der Waals surface area contributed by atoms with E-state index in [0.717, 1.165) is 50.6 Å². The van der Waals surface area contributed by atoms with E-state index < -0.39 is 0 Å². The second kappa shape index (κ2) is 8.63. The van der Waals surface area contributed by atoms with Gasteiger partial charge >= 0.3 is 0 Å². The molecule has 2 aromatic heterocycles. The van der Waals surface area contributed by atoms with E-state index in [-0.39, 0.29) is 5.91 Å². The zero-order valence-electron chi connectivity index (χ0n) is 17.7. The van der Waals surface area contributed by atoms with Gasteiger partial charge in [-0.2, -0.15) is 4.98 Å². The molecule has 4 heterocycles. The van der Waals surface area contributed by atoms with E-state index in [0.29, 0.717) is 24.8 Å². The first-order chi connectivity index (χ1) is 15.1. The molecule has 0 bridgehead atoms. The fourth-order valence-electron chi connectivity index (χ4n) is 4.12. The summed E-state index contributed by atoms with van der Waals surface area (Å²) in [5.41, 5.74) is 2.68. The van der Waals surface area contributed by atoms with Crippen molar-refractivity contribution in [2.45, 2.75) is 31.7 Å². The van der Waals surface area contributed by atoms with Gasteiger partial charge < -0.3 is 14.5 Å². The molecule has 1 fully saturated rings. The van der Waals surface area contributed by atoms with Gasteiger partial charge in [0.15, 0.2) is 10.8 Å². The lowest BCUT2D eigenvalue weighted by Crippen LogP contribution is -2.39. The fraction of sp³-hybridized carbons (Fsp3) is 0.455. The van der Waals surface area contributed by atoms with Crippen LogP contribution < -0.4 is 14.5 Å². The number of anilines is 2. The Morgan fingerprint density at radius 2 is 2.23 bits per heavy atom. The molecule has 7 nitrogen and oxygen atoms in total. The second-order valence-corrected chi connectivity index (χ2v) is 10.1. The molecule has 0 spiro atoms. The van der Waals surface area contributed by atoms with Gasteiger partial charge in [-0.1, -0.05) is 36.1 Å². The molecule has 1 amide bonds.